The second-order valence-electron chi connectivity index (χ2n) is 8.12. The van der Waals surface area contributed by atoms with E-state index in [1.54, 1.807) is 29.5 Å². The first-order valence-corrected chi connectivity index (χ1v) is 13.5. The van der Waals surface area contributed by atoms with Crippen LogP contribution in [-0.4, -0.2) is 66.8 Å². The minimum Gasteiger partial charge on any atom is -0.354 e. The normalized spacial score (nSPS) is 13.2. The molecule has 0 aliphatic heterocycles. The number of likely N-dealkylation sites (N-methyl/N-ethyl adjacent to an activating group) is 1. The maximum Gasteiger partial charge on any atom is 0.242 e. The maximum atomic E-state index is 12.6. The van der Waals surface area contributed by atoms with E-state index < -0.39 is 10.0 Å². The smallest absolute Gasteiger partial charge is 0.242 e. The molecule has 0 aliphatic carbocycles. The Morgan fingerprint density at radius 1 is 1.21 bits per heavy atom. The van der Waals surface area contributed by atoms with Gasteiger partial charge in [0.25, 0.3) is 0 Å². The molecule has 3 aromatic rings. The van der Waals surface area contributed by atoms with Gasteiger partial charge in [-0.25, -0.2) is 17.7 Å². The predicted octanol–water partition coefficient (Wildman–Crippen LogP) is 3.02. The van der Waals surface area contributed by atoms with Gasteiger partial charge in [-0.15, -0.1) is 0 Å². The Hall–Kier alpha value is -2.27. The molecule has 0 saturated heterocycles. The maximum absolute atomic E-state index is 12.6. The molecule has 0 saturated carbocycles. The van der Waals surface area contributed by atoms with Crippen molar-refractivity contribution in [1.29, 1.82) is 0 Å². The summed E-state index contributed by atoms with van der Waals surface area (Å²) in [5, 5.41) is 7.29. The monoisotopic (exact) mass is 491 g/mol. The van der Waals surface area contributed by atoms with Gasteiger partial charge in [-0.3, -0.25) is 9.69 Å². The highest BCUT2D eigenvalue weighted by Crippen LogP contribution is 2.23. The summed E-state index contributed by atoms with van der Waals surface area (Å²) < 4.78 is 27.9. The number of aromatic nitrogens is 2. The van der Waals surface area contributed by atoms with Gasteiger partial charge >= 0.3 is 0 Å². The van der Waals surface area contributed by atoms with Crippen molar-refractivity contribution in [3.8, 4) is 0 Å². The van der Waals surface area contributed by atoms with E-state index in [0.29, 0.717) is 24.9 Å². The summed E-state index contributed by atoms with van der Waals surface area (Å²) in [6.07, 6.45) is 0.787. The van der Waals surface area contributed by atoms with Crippen LogP contribution in [0.5, 0.6) is 0 Å². The Balaban J connectivity index is 1.67. The molecule has 1 N–H and O–H groups in total. The number of benzene rings is 1. The van der Waals surface area contributed by atoms with E-state index in [1.165, 1.54) is 24.0 Å². The number of amides is 1. The second-order valence-corrected chi connectivity index (χ2v) is 11.1. The van der Waals surface area contributed by atoms with Crippen LogP contribution in [0.15, 0.2) is 39.9 Å². The molecule has 33 heavy (non-hydrogen) atoms. The third-order valence-corrected chi connectivity index (χ3v) is 8.49. The molecule has 1 atom stereocenters. The first-order valence-electron chi connectivity index (χ1n) is 11.1. The molecule has 0 bridgehead atoms. The molecule has 1 amide bonds. The van der Waals surface area contributed by atoms with Gasteiger partial charge in [0, 0.05) is 40.5 Å². The number of rotatable bonds is 11. The van der Waals surface area contributed by atoms with Gasteiger partial charge in [0.1, 0.15) is 5.82 Å². The lowest BCUT2D eigenvalue weighted by molar-refractivity contribution is -0.121. The second kappa shape index (κ2) is 10.8. The van der Waals surface area contributed by atoms with Crippen molar-refractivity contribution in [1.82, 2.24) is 24.1 Å². The van der Waals surface area contributed by atoms with E-state index in [4.69, 9.17) is 0 Å². The number of nitrogens with one attached hydrogen (secondary N) is 1. The number of sulfonamides is 1. The van der Waals surface area contributed by atoms with Crippen LogP contribution in [0, 0.1) is 0 Å². The van der Waals surface area contributed by atoms with Crippen molar-refractivity contribution < 1.29 is 13.2 Å². The first kappa shape index (κ1) is 25.4. The van der Waals surface area contributed by atoms with Crippen LogP contribution in [-0.2, 0) is 28.3 Å². The molecule has 0 spiro atoms. The van der Waals surface area contributed by atoms with Crippen LogP contribution in [0.25, 0.3) is 11.0 Å². The third kappa shape index (κ3) is 5.63. The molecule has 1 aromatic carbocycles. The SMILES string of the molecule is CCN(CC)[C@H](CNC(=O)CCc1nc2cc(S(=O)(=O)N(C)C)ccc2n1C)c1ccsc1. The number of fused-ring (bicyclic) bond motifs is 1. The third-order valence-electron chi connectivity index (χ3n) is 5.97. The van der Waals surface area contributed by atoms with E-state index in [-0.39, 0.29) is 16.8 Å². The van der Waals surface area contributed by atoms with Crippen LogP contribution in [0.1, 0.15) is 37.7 Å². The van der Waals surface area contributed by atoms with E-state index >= 15 is 0 Å². The molecule has 10 heteroatoms. The molecule has 0 aliphatic rings. The molecule has 3 rings (SSSR count). The lowest BCUT2D eigenvalue weighted by atomic mass is 10.1. The van der Waals surface area contributed by atoms with Crippen molar-refractivity contribution in [2.75, 3.05) is 33.7 Å². The molecule has 180 valence electrons. The quantitative estimate of drug-likeness (QED) is 0.446. The molecule has 2 heterocycles. The summed E-state index contributed by atoms with van der Waals surface area (Å²) in [5.41, 5.74) is 2.67. The Bertz CT molecular complexity index is 1180. The standard InChI is InChI=1S/C23H33N5O3S2/c1-6-28(7-2)21(17-12-13-32-16-17)15-24-23(29)11-10-22-25-19-14-18(33(30,31)26(3)4)8-9-20(19)27(22)5/h8-9,12-14,16,21H,6-7,10-11,15H2,1-5H3,(H,24,29)/t21-/m1/s1. The predicted molar refractivity (Wildman–Crippen MR) is 133 cm³/mol. The Kier molecular flexibility index (Phi) is 8.28. The van der Waals surface area contributed by atoms with Gasteiger partial charge in [-0.05, 0) is 53.7 Å². The number of aryl methyl sites for hydroxylation is 2. The average Bonchev–Trinajstić information content (AvgIpc) is 3.43. The fourth-order valence-electron chi connectivity index (χ4n) is 3.94. The summed E-state index contributed by atoms with van der Waals surface area (Å²) in [6, 6.07) is 7.21. The van der Waals surface area contributed by atoms with Crippen LogP contribution in [0.3, 0.4) is 0 Å². The molecular weight excluding hydrogens is 458 g/mol. The molecule has 2 aromatic heterocycles. The summed E-state index contributed by atoms with van der Waals surface area (Å²) in [5.74, 6) is 0.725. The fourth-order valence-corrected chi connectivity index (χ4v) is 5.56. The van der Waals surface area contributed by atoms with Gasteiger partial charge in [-0.1, -0.05) is 13.8 Å². The minimum absolute atomic E-state index is 0.0229. The van der Waals surface area contributed by atoms with Crippen LogP contribution >= 0.6 is 11.3 Å². The number of hydrogen-bond acceptors (Lipinski definition) is 6. The Labute approximate surface area is 200 Å². The average molecular weight is 492 g/mol. The van der Waals surface area contributed by atoms with Gasteiger partial charge in [0.05, 0.1) is 22.0 Å². The van der Waals surface area contributed by atoms with Crippen molar-refractivity contribution in [2.24, 2.45) is 7.05 Å². The van der Waals surface area contributed by atoms with Gasteiger partial charge in [0.2, 0.25) is 15.9 Å². The van der Waals surface area contributed by atoms with E-state index in [1.807, 2.05) is 11.6 Å². The van der Waals surface area contributed by atoms with E-state index in [0.717, 1.165) is 24.4 Å². The summed E-state index contributed by atoms with van der Waals surface area (Å²) in [7, 11) is 1.37. The fraction of sp³-hybridized carbons (Fsp3) is 0.478. The van der Waals surface area contributed by atoms with Crippen molar-refractivity contribution in [2.45, 2.75) is 37.6 Å². The highest BCUT2D eigenvalue weighted by atomic mass is 32.2. The lowest BCUT2D eigenvalue weighted by Crippen LogP contribution is -2.38. The summed E-state index contributed by atoms with van der Waals surface area (Å²) in [6.45, 7) is 6.65. The number of imidazole rings is 1. The van der Waals surface area contributed by atoms with Crippen molar-refractivity contribution in [3.63, 3.8) is 0 Å². The molecular formula is C23H33N5O3S2. The van der Waals surface area contributed by atoms with Crippen molar-refractivity contribution in [3.05, 3.63) is 46.4 Å². The topological polar surface area (TPSA) is 87.5 Å². The number of thiophene rings is 1. The van der Waals surface area contributed by atoms with Crippen LogP contribution in [0.4, 0.5) is 0 Å². The largest absolute Gasteiger partial charge is 0.354 e. The highest BCUT2D eigenvalue weighted by molar-refractivity contribution is 7.89. The lowest BCUT2D eigenvalue weighted by Gasteiger charge is -2.29. The highest BCUT2D eigenvalue weighted by Gasteiger charge is 2.21. The summed E-state index contributed by atoms with van der Waals surface area (Å²) in [4.78, 5) is 19.8. The number of hydrogen-bond donors (Lipinski definition) is 1. The zero-order chi connectivity index (χ0) is 24.2. The number of carbonyl (C=O) groups excluding carboxylic acids is 1. The van der Waals surface area contributed by atoms with Crippen molar-refractivity contribution >= 4 is 38.3 Å². The van der Waals surface area contributed by atoms with Gasteiger partial charge in [-0.2, -0.15) is 11.3 Å². The molecule has 0 unspecified atom stereocenters. The molecule has 0 fully saturated rings. The number of carbonyl (C=O) groups is 1. The summed E-state index contributed by atoms with van der Waals surface area (Å²) >= 11 is 1.66. The minimum atomic E-state index is -3.53. The van der Waals surface area contributed by atoms with Crippen LogP contribution in [0.2, 0.25) is 0 Å². The Morgan fingerprint density at radius 2 is 1.94 bits per heavy atom. The van der Waals surface area contributed by atoms with E-state index in [9.17, 15) is 13.2 Å². The zero-order valence-corrected chi connectivity index (χ0v) is 21.5. The van der Waals surface area contributed by atoms with E-state index in [2.05, 4.69) is 45.9 Å². The molecule has 8 nitrogen and oxygen atoms in total. The first-order chi connectivity index (χ1) is 15.7. The zero-order valence-electron chi connectivity index (χ0n) is 19.9. The van der Waals surface area contributed by atoms with Gasteiger partial charge in [0.15, 0.2) is 0 Å². The Morgan fingerprint density at radius 3 is 2.55 bits per heavy atom. The van der Waals surface area contributed by atoms with Crippen LogP contribution < -0.4 is 5.32 Å². The number of nitrogens with zero attached hydrogens (tertiary/aromatic N) is 4. The van der Waals surface area contributed by atoms with Gasteiger partial charge < -0.3 is 9.88 Å². The molecule has 0 radical (unpaired) electrons.